The number of carbonyl (C=O) groups excluding carboxylic acids is 2. The lowest BCUT2D eigenvalue weighted by molar-refractivity contribution is -0.125. The van der Waals surface area contributed by atoms with Crippen molar-refractivity contribution in [2.75, 3.05) is 16.8 Å². The fraction of sp³-hybridized carbons (Fsp3) is 0.214. The van der Waals surface area contributed by atoms with Crippen LogP contribution < -0.4 is 15.0 Å². The molecule has 0 bridgehead atoms. The lowest BCUT2D eigenvalue weighted by Crippen LogP contribution is -2.49. The molecule has 21 heavy (non-hydrogen) atoms. The van der Waals surface area contributed by atoms with E-state index in [4.69, 9.17) is 4.74 Å². The molecule has 0 radical (unpaired) electrons. The van der Waals surface area contributed by atoms with Gasteiger partial charge in [0.2, 0.25) is 5.91 Å². The summed E-state index contributed by atoms with van der Waals surface area (Å²) in [6.45, 7) is 1.62. The fourth-order valence-electron chi connectivity index (χ4n) is 2.16. The number of amides is 2. The molecule has 7 heteroatoms. The van der Waals surface area contributed by atoms with Gasteiger partial charge in [-0.2, -0.15) is 0 Å². The van der Waals surface area contributed by atoms with E-state index in [2.05, 4.69) is 10.3 Å². The molecule has 0 saturated heterocycles. The molecule has 2 heterocycles. The number of thiazole rings is 1. The Morgan fingerprint density at radius 1 is 1.48 bits per heavy atom. The van der Waals surface area contributed by atoms with E-state index in [1.165, 1.54) is 16.2 Å². The van der Waals surface area contributed by atoms with Gasteiger partial charge in [0.1, 0.15) is 11.8 Å². The summed E-state index contributed by atoms with van der Waals surface area (Å²) in [4.78, 5) is 29.9. The van der Waals surface area contributed by atoms with Crippen molar-refractivity contribution in [3.8, 4) is 5.75 Å². The SMILES string of the molecule is C[C@@H](C(=O)Nc1nccs1)N1C(=O)COc2ccccc21. The van der Waals surface area contributed by atoms with Gasteiger partial charge in [0.25, 0.3) is 5.91 Å². The maximum Gasteiger partial charge on any atom is 0.265 e. The molecule has 0 fully saturated rings. The Hall–Kier alpha value is -2.41. The highest BCUT2D eigenvalue weighted by Crippen LogP contribution is 2.33. The van der Waals surface area contributed by atoms with E-state index in [-0.39, 0.29) is 18.4 Å². The number of ether oxygens (including phenoxy) is 1. The second kappa shape index (κ2) is 5.53. The molecule has 0 spiro atoms. The van der Waals surface area contributed by atoms with Gasteiger partial charge in [-0.15, -0.1) is 11.3 Å². The second-order valence-corrected chi connectivity index (χ2v) is 5.42. The average Bonchev–Trinajstić information content (AvgIpc) is 2.99. The van der Waals surface area contributed by atoms with Crippen LogP contribution in [0.3, 0.4) is 0 Å². The molecule has 1 atom stereocenters. The van der Waals surface area contributed by atoms with Crippen LogP contribution in [0.4, 0.5) is 10.8 Å². The van der Waals surface area contributed by atoms with Crippen LogP contribution in [0.15, 0.2) is 35.8 Å². The first kappa shape index (κ1) is 13.6. The van der Waals surface area contributed by atoms with Gasteiger partial charge in [0.05, 0.1) is 5.69 Å². The van der Waals surface area contributed by atoms with Crippen LogP contribution in [0.1, 0.15) is 6.92 Å². The number of para-hydroxylation sites is 2. The zero-order valence-electron chi connectivity index (χ0n) is 11.3. The van der Waals surface area contributed by atoms with Gasteiger partial charge in [0, 0.05) is 11.6 Å². The summed E-state index contributed by atoms with van der Waals surface area (Å²) < 4.78 is 5.37. The fourth-order valence-corrected chi connectivity index (χ4v) is 2.69. The molecule has 2 amide bonds. The Balaban J connectivity index is 1.85. The van der Waals surface area contributed by atoms with E-state index in [1.807, 2.05) is 6.07 Å². The zero-order valence-corrected chi connectivity index (χ0v) is 12.1. The molecular formula is C14H13N3O3S. The molecule has 1 N–H and O–H groups in total. The molecule has 0 aliphatic carbocycles. The van der Waals surface area contributed by atoms with Crippen LogP contribution in [0.5, 0.6) is 5.75 Å². The number of hydrogen-bond donors (Lipinski definition) is 1. The number of benzene rings is 1. The van der Waals surface area contributed by atoms with Gasteiger partial charge in [-0.05, 0) is 19.1 Å². The Morgan fingerprint density at radius 2 is 2.29 bits per heavy atom. The molecule has 1 aliphatic heterocycles. The summed E-state index contributed by atoms with van der Waals surface area (Å²) >= 11 is 1.33. The largest absolute Gasteiger partial charge is 0.482 e. The van der Waals surface area contributed by atoms with Crippen molar-refractivity contribution in [2.24, 2.45) is 0 Å². The zero-order chi connectivity index (χ0) is 14.8. The van der Waals surface area contributed by atoms with Crippen LogP contribution in [-0.2, 0) is 9.59 Å². The first-order chi connectivity index (χ1) is 10.2. The van der Waals surface area contributed by atoms with Crippen molar-refractivity contribution in [1.82, 2.24) is 4.98 Å². The smallest absolute Gasteiger partial charge is 0.265 e. The van der Waals surface area contributed by atoms with Crippen molar-refractivity contribution in [3.63, 3.8) is 0 Å². The van der Waals surface area contributed by atoms with E-state index >= 15 is 0 Å². The second-order valence-electron chi connectivity index (χ2n) is 4.52. The van der Waals surface area contributed by atoms with E-state index in [0.29, 0.717) is 16.6 Å². The monoisotopic (exact) mass is 303 g/mol. The van der Waals surface area contributed by atoms with Crippen LogP contribution in [-0.4, -0.2) is 29.4 Å². The molecule has 6 nitrogen and oxygen atoms in total. The number of hydrogen-bond acceptors (Lipinski definition) is 5. The van der Waals surface area contributed by atoms with Gasteiger partial charge in [-0.3, -0.25) is 14.5 Å². The quantitative estimate of drug-likeness (QED) is 0.940. The van der Waals surface area contributed by atoms with Crippen molar-refractivity contribution < 1.29 is 14.3 Å². The van der Waals surface area contributed by atoms with Crippen molar-refractivity contribution >= 4 is 34.0 Å². The van der Waals surface area contributed by atoms with E-state index < -0.39 is 6.04 Å². The van der Waals surface area contributed by atoms with Crippen molar-refractivity contribution in [1.29, 1.82) is 0 Å². The standard InChI is InChI=1S/C14H13N3O3S/c1-9(13(19)16-14-15-6-7-21-14)17-10-4-2-3-5-11(10)20-8-12(17)18/h2-7,9H,8H2,1H3,(H,15,16,19)/t9-/m0/s1. The molecular weight excluding hydrogens is 290 g/mol. The summed E-state index contributed by atoms with van der Waals surface area (Å²) in [5, 5.41) is 4.99. The van der Waals surface area contributed by atoms with Gasteiger partial charge in [-0.1, -0.05) is 12.1 Å². The normalized spacial score (nSPS) is 15.1. The number of carbonyl (C=O) groups is 2. The number of fused-ring (bicyclic) bond motifs is 1. The van der Waals surface area contributed by atoms with Gasteiger partial charge < -0.3 is 10.1 Å². The predicted molar refractivity (Wildman–Crippen MR) is 79.6 cm³/mol. The summed E-state index contributed by atoms with van der Waals surface area (Å²) in [7, 11) is 0. The summed E-state index contributed by atoms with van der Waals surface area (Å²) in [5.74, 6) is 0.0801. The number of rotatable bonds is 3. The molecule has 1 aromatic carbocycles. The maximum absolute atomic E-state index is 12.3. The average molecular weight is 303 g/mol. The van der Waals surface area contributed by atoms with Crippen LogP contribution >= 0.6 is 11.3 Å². The maximum atomic E-state index is 12.3. The first-order valence-electron chi connectivity index (χ1n) is 6.41. The highest BCUT2D eigenvalue weighted by atomic mass is 32.1. The third-order valence-corrected chi connectivity index (χ3v) is 3.86. The highest BCUT2D eigenvalue weighted by molar-refractivity contribution is 7.13. The van der Waals surface area contributed by atoms with Gasteiger partial charge in [0.15, 0.2) is 11.7 Å². The summed E-state index contributed by atoms with van der Waals surface area (Å²) in [6.07, 6.45) is 1.61. The Morgan fingerprint density at radius 3 is 3.05 bits per heavy atom. The minimum absolute atomic E-state index is 0.0636. The van der Waals surface area contributed by atoms with Crippen molar-refractivity contribution in [2.45, 2.75) is 13.0 Å². The van der Waals surface area contributed by atoms with E-state index in [9.17, 15) is 9.59 Å². The Kier molecular flexibility index (Phi) is 3.57. The number of nitrogens with zero attached hydrogens (tertiary/aromatic N) is 2. The predicted octanol–water partition coefficient (Wildman–Crippen LogP) is 1.90. The molecule has 1 aromatic heterocycles. The van der Waals surface area contributed by atoms with E-state index in [1.54, 1.807) is 36.7 Å². The molecule has 108 valence electrons. The number of aromatic nitrogens is 1. The van der Waals surface area contributed by atoms with E-state index in [0.717, 1.165) is 0 Å². The number of nitrogens with one attached hydrogen (secondary N) is 1. The Labute approximate surface area is 125 Å². The third-order valence-electron chi connectivity index (χ3n) is 3.17. The van der Waals surface area contributed by atoms with Crippen LogP contribution in [0.25, 0.3) is 0 Å². The topological polar surface area (TPSA) is 71.5 Å². The lowest BCUT2D eigenvalue weighted by atomic mass is 10.1. The molecule has 1 aliphatic rings. The van der Waals surface area contributed by atoms with Crippen LogP contribution in [0, 0.1) is 0 Å². The highest BCUT2D eigenvalue weighted by Gasteiger charge is 2.33. The lowest BCUT2D eigenvalue weighted by Gasteiger charge is -2.33. The van der Waals surface area contributed by atoms with Gasteiger partial charge in [-0.25, -0.2) is 4.98 Å². The molecule has 2 aromatic rings. The first-order valence-corrected chi connectivity index (χ1v) is 7.29. The molecule has 3 rings (SSSR count). The minimum atomic E-state index is -0.647. The van der Waals surface area contributed by atoms with Gasteiger partial charge >= 0.3 is 0 Å². The molecule has 0 saturated carbocycles. The summed E-state index contributed by atoms with van der Waals surface area (Å²) in [5.41, 5.74) is 0.607. The third kappa shape index (κ3) is 2.59. The minimum Gasteiger partial charge on any atom is -0.482 e. The van der Waals surface area contributed by atoms with Crippen molar-refractivity contribution in [3.05, 3.63) is 35.8 Å². The number of anilines is 2. The Bertz CT molecular complexity index is 672. The molecule has 0 unspecified atom stereocenters. The van der Waals surface area contributed by atoms with Crippen LogP contribution in [0.2, 0.25) is 0 Å². The summed E-state index contributed by atoms with van der Waals surface area (Å²) in [6, 6.07) is 6.53.